The number of aliphatic hydroxyl groups is 1. The number of rotatable bonds is 2. The van der Waals surface area contributed by atoms with Gasteiger partial charge in [0, 0.05) is 23.7 Å². The maximum Gasteiger partial charge on any atom is 0.251 e. The Morgan fingerprint density at radius 1 is 1.19 bits per heavy atom. The number of carbonyl (C=O) groups is 2. The SMILES string of the molecule is O=C1CCc2cc(C(=O)NC3CCC(O)CC3)ccc2N1. The van der Waals surface area contributed by atoms with Crippen LogP contribution in [0.15, 0.2) is 18.2 Å². The Morgan fingerprint density at radius 2 is 1.95 bits per heavy atom. The van der Waals surface area contributed by atoms with E-state index in [9.17, 15) is 14.7 Å². The molecule has 0 radical (unpaired) electrons. The first kappa shape index (κ1) is 14.1. The fraction of sp³-hybridized carbons (Fsp3) is 0.500. The molecule has 1 aromatic carbocycles. The fourth-order valence-electron chi connectivity index (χ4n) is 3.01. The van der Waals surface area contributed by atoms with Crippen LogP contribution in [0.5, 0.6) is 0 Å². The maximum atomic E-state index is 12.3. The predicted molar refractivity (Wildman–Crippen MR) is 79.1 cm³/mol. The summed E-state index contributed by atoms with van der Waals surface area (Å²) in [6, 6.07) is 5.56. The first-order valence-electron chi connectivity index (χ1n) is 7.53. The number of hydrogen-bond donors (Lipinski definition) is 3. The quantitative estimate of drug-likeness (QED) is 0.773. The summed E-state index contributed by atoms with van der Waals surface area (Å²) < 4.78 is 0. The van der Waals surface area contributed by atoms with Crippen LogP contribution in [0.1, 0.15) is 48.0 Å². The zero-order valence-corrected chi connectivity index (χ0v) is 11.9. The Kier molecular flexibility index (Phi) is 3.92. The van der Waals surface area contributed by atoms with E-state index < -0.39 is 0 Å². The Labute approximate surface area is 123 Å². The number of aryl methyl sites for hydroxylation is 1. The fourth-order valence-corrected chi connectivity index (χ4v) is 3.01. The number of nitrogens with one attached hydrogen (secondary N) is 2. The van der Waals surface area contributed by atoms with E-state index in [2.05, 4.69) is 10.6 Å². The topological polar surface area (TPSA) is 78.4 Å². The van der Waals surface area contributed by atoms with Gasteiger partial charge in [-0.3, -0.25) is 9.59 Å². The molecule has 1 aliphatic carbocycles. The van der Waals surface area contributed by atoms with Crippen LogP contribution >= 0.6 is 0 Å². The average molecular weight is 288 g/mol. The minimum absolute atomic E-state index is 0.0282. The van der Waals surface area contributed by atoms with Crippen LogP contribution < -0.4 is 10.6 Å². The molecule has 2 amide bonds. The summed E-state index contributed by atoms with van der Waals surface area (Å²) in [5, 5.41) is 15.3. The van der Waals surface area contributed by atoms with Gasteiger partial charge in [0.1, 0.15) is 0 Å². The summed E-state index contributed by atoms with van der Waals surface area (Å²) in [5.41, 5.74) is 2.46. The van der Waals surface area contributed by atoms with Crippen molar-refractivity contribution in [2.75, 3.05) is 5.32 Å². The zero-order valence-electron chi connectivity index (χ0n) is 11.9. The molecule has 5 heteroatoms. The molecule has 0 saturated heterocycles. The highest BCUT2D eigenvalue weighted by molar-refractivity contribution is 5.98. The molecule has 0 spiro atoms. The van der Waals surface area contributed by atoms with E-state index in [1.807, 2.05) is 6.07 Å². The van der Waals surface area contributed by atoms with Crippen molar-refractivity contribution in [3.63, 3.8) is 0 Å². The summed E-state index contributed by atoms with van der Waals surface area (Å²) in [6.45, 7) is 0. The summed E-state index contributed by atoms with van der Waals surface area (Å²) in [6.07, 6.45) is 4.09. The zero-order chi connectivity index (χ0) is 14.8. The third kappa shape index (κ3) is 3.24. The first-order chi connectivity index (χ1) is 10.1. The second-order valence-electron chi connectivity index (χ2n) is 5.90. The Bertz CT molecular complexity index is 563. The van der Waals surface area contributed by atoms with Gasteiger partial charge in [-0.25, -0.2) is 0 Å². The molecule has 3 rings (SSSR count). The monoisotopic (exact) mass is 288 g/mol. The second-order valence-corrected chi connectivity index (χ2v) is 5.90. The van der Waals surface area contributed by atoms with Crippen molar-refractivity contribution >= 4 is 17.5 Å². The summed E-state index contributed by atoms with van der Waals surface area (Å²) in [4.78, 5) is 23.6. The van der Waals surface area contributed by atoms with Crippen molar-refractivity contribution in [3.8, 4) is 0 Å². The number of aliphatic hydroxyl groups excluding tert-OH is 1. The highest BCUT2D eigenvalue weighted by Crippen LogP contribution is 2.24. The normalized spacial score (nSPS) is 24.9. The van der Waals surface area contributed by atoms with Gasteiger partial charge < -0.3 is 15.7 Å². The van der Waals surface area contributed by atoms with Gasteiger partial charge in [0.05, 0.1) is 6.10 Å². The van der Waals surface area contributed by atoms with Crippen LogP contribution in [0.25, 0.3) is 0 Å². The van der Waals surface area contributed by atoms with Crippen molar-refractivity contribution in [2.45, 2.75) is 50.7 Å². The lowest BCUT2D eigenvalue weighted by molar-refractivity contribution is -0.116. The van der Waals surface area contributed by atoms with E-state index in [1.54, 1.807) is 12.1 Å². The molecule has 1 aromatic rings. The lowest BCUT2D eigenvalue weighted by Gasteiger charge is -2.26. The van der Waals surface area contributed by atoms with E-state index in [0.29, 0.717) is 18.4 Å². The molecule has 5 nitrogen and oxygen atoms in total. The van der Waals surface area contributed by atoms with Crippen molar-refractivity contribution in [3.05, 3.63) is 29.3 Å². The maximum absolute atomic E-state index is 12.3. The van der Waals surface area contributed by atoms with Gasteiger partial charge in [0.25, 0.3) is 5.91 Å². The van der Waals surface area contributed by atoms with Gasteiger partial charge in [0.15, 0.2) is 0 Å². The van der Waals surface area contributed by atoms with Crippen molar-refractivity contribution in [1.82, 2.24) is 5.32 Å². The summed E-state index contributed by atoms with van der Waals surface area (Å²) in [5.74, 6) is -0.0449. The highest BCUT2D eigenvalue weighted by Gasteiger charge is 2.22. The molecule has 3 N–H and O–H groups in total. The van der Waals surface area contributed by atoms with E-state index in [4.69, 9.17) is 0 Å². The number of anilines is 1. The minimum atomic E-state index is -0.217. The van der Waals surface area contributed by atoms with E-state index in [-0.39, 0.29) is 24.0 Å². The van der Waals surface area contributed by atoms with Crippen LogP contribution in [0, 0.1) is 0 Å². The number of benzene rings is 1. The largest absolute Gasteiger partial charge is 0.393 e. The molecule has 0 unspecified atom stereocenters. The van der Waals surface area contributed by atoms with E-state index in [0.717, 1.165) is 36.9 Å². The van der Waals surface area contributed by atoms with Crippen LogP contribution in [0.4, 0.5) is 5.69 Å². The first-order valence-corrected chi connectivity index (χ1v) is 7.53. The van der Waals surface area contributed by atoms with Crippen LogP contribution in [0.2, 0.25) is 0 Å². The Hall–Kier alpha value is -1.88. The molecule has 1 heterocycles. The molecule has 1 saturated carbocycles. The lowest BCUT2D eigenvalue weighted by Crippen LogP contribution is -2.38. The van der Waals surface area contributed by atoms with Crippen molar-refractivity contribution < 1.29 is 14.7 Å². The highest BCUT2D eigenvalue weighted by atomic mass is 16.3. The third-order valence-corrected chi connectivity index (χ3v) is 4.29. The number of carbonyl (C=O) groups excluding carboxylic acids is 2. The average Bonchev–Trinajstić information content (AvgIpc) is 2.49. The van der Waals surface area contributed by atoms with Gasteiger partial charge in [-0.05, 0) is 55.9 Å². The molecular formula is C16H20N2O3. The predicted octanol–water partition coefficient (Wildman–Crippen LogP) is 1.60. The molecule has 0 aromatic heterocycles. The lowest BCUT2D eigenvalue weighted by atomic mass is 9.93. The van der Waals surface area contributed by atoms with Gasteiger partial charge in [-0.2, -0.15) is 0 Å². The molecule has 1 fully saturated rings. The van der Waals surface area contributed by atoms with Gasteiger partial charge in [-0.15, -0.1) is 0 Å². The number of amides is 2. The molecule has 112 valence electrons. The van der Waals surface area contributed by atoms with Crippen molar-refractivity contribution in [2.24, 2.45) is 0 Å². The summed E-state index contributed by atoms with van der Waals surface area (Å²) >= 11 is 0. The summed E-state index contributed by atoms with van der Waals surface area (Å²) in [7, 11) is 0. The standard InChI is InChI=1S/C16H20N2O3/c19-13-5-3-12(4-6-13)17-16(21)11-1-7-14-10(9-11)2-8-15(20)18-14/h1,7,9,12-13,19H,2-6,8H2,(H,17,21)(H,18,20). The van der Waals surface area contributed by atoms with Gasteiger partial charge in [-0.1, -0.05) is 0 Å². The molecule has 2 aliphatic rings. The smallest absolute Gasteiger partial charge is 0.251 e. The molecule has 0 atom stereocenters. The van der Waals surface area contributed by atoms with Crippen LogP contribution in [-0.4, -0.2) is 29.1 Å². The Morgan fingerprint density at radius 3 is 2.71 bits per heavy atom. The number of fused-ring (bicyclic) bond motifs is 1. The third-order valence-electron chi connectivity index (χ3n) is 4.29. The Balaban J connectivity index is 1.66. The van der Waals surface area contributed by atoms with Gasteiger partial charge in [0.2, 0.25) is 5.91 Å². The molecule has 0 bridgehead atoms. The number of hydrogen-bond acceptors (Lipinski definition) is 3. The molecule has 21 heavy (non-hydrogen) atoms. The van der Waals surface area contributed by atoms with Crippen molar-refractivity contribution in [1.29, 1.82) is 0 Å². The molecule has 1 aliphatic heterocycles. The van der Waals surface area contributed by atoms with Crippen LogP contribution in [-0.2, 0) is 11.2 Å². The van der Waals surface area contributed by atoms with Crippen LogP contribution in [0.3, 0.4) is 0 Å². The van der Waals surface area contributed by atoms with E-state index >= 15 is 0 Å². The van der Waals surface area contributed by atoms with E-state index in [1.165, 1.54) is 0 Å². The minimum Gasteiger partial charge on any atom is -0.393 e. The second kappa shape index (κ2) is 5.85. The van der Waals surface area contributed by atoms with Gasteiger partial charge >= 0.3 is 0 Å². The molecular weight excluding hydrogens is 268 g/mol.